The highest BCUT2D eigenvalue weighted by atomic mass is 35.5. The number of amides is 1. The molecule has 3 nitrogen and oxygen atoms in total. The molecule has 4 bridgehead atoms. The summed E-state index contributed by atoms with van der Waals surface area (Å²) in [5.41, 5.74) is 5.36. The summed E-state index contributed by atoms with van der Waals surface area (Å²) in [4.78, 5) is 14.7. The standard InChI is InChI=1S/C16H28N2O.ClH/c1-16(2,9-17)15(19)18(3)14-12-5-10-4-11(7-12)8-13(14)6-10;/h10-14H,4-9,17H2,1-3H3;1H. The molecule has 0 aromatic carbocycles. The first-order valence-electron chi connectivity index (χ1n) is 7.89. The molecule has 0 saturated heterocycles. The predicted octanol–water partition coefficient (Wildman–Crippen LogP) is 2.68. The Balaban J connectivity index is 0.00000147. The second kappa shape index (κ2) is 5.49. The van der Waals surface area contributed by atoms with Crippen LogP contribution in [0.2, 0.25) is 0 Å². The van der Waals surface area contributed by atoms with Crippen molar-refractivity contribution in [1.29, 1.82) is 0 Å². The van der Waals surface area contributed by atoms with E-state index in [1.807, 2.05) is 20.9 Å². The summed E-state index contributed by atoms with van der Waals surface area (Å²) >= 11 is 0. The van der Waals surface area contributed by atoms with E-state index in [0.717, 1.165) is 23.7 Å². The van der Waals surface area contributed by atoms with Crippen molar-refractivity contribution >= 4 is 18.3 Å². The largest absolute Gasteiger partial charge is 0.342 e. The molecular formula is C16H29ClN2O. The van der Waals surface area contributed by atoms with E-state index in [9.17, 15) is 4.79 Å². The maximum atomic E-state index is 12.7. The van der Waals surface area contributed by atoms with E-state index < -0.39 is 5.41 Å². The summed E-state index contributed by atoms with van der Waals surface area (Å²) in [7, 11) is 2.02. The summed E-state index contributed by atoms with van der Waals surface area (Å²) in [5, 5.41) is 0. The van der Waals surface area contributed by atoms with E-state index in [2.05, 4.69) is 4.90 Å². The van der Waals surface area contributed by atoms with Crippen LogP contribution in [0.1, 0.15) is 46.0 Å². The van der Waals surface area contributed by atoms with Crippen LogP contribution < -0.4 is 5.73 Å². The minimum atomic E-state index is -0.413. The molecular weight excluding hydrogens is 272 g/mol. The van der Waals surface area contributed by atoms with Crippen LogP contribution in [0, 0.1) is 29.1 Å². The van der Waals surface area contributed by atoms with Gasteiger partial charge in [0.25, 0.3) is 0 Å². The van der Waals surface area contributed by atoms with Gasteiger partial charge in [0.15, 0.2) is 0 Å². The highest BCUT2D eigenvalue weighted by Crippen LogP contribution is 2.55. The fourth-order valence-corrected chi connectivity index (χ4v) is 5.23. The van der Waals surface area contributed by atoms with Crippen molar-refractivity contribution in [1.82, 2.24) is 4.90 Å². The summed E-state index contributed by atoms with van der Waals surface area (Å²) in [6.45, 7) is 4.38. The Morgan fingerprint density at radius 1 is 1.10 bits per heavy atom. The Bertz CT molecular complexity index is 355. The molecule has 0 aliphatic heterocycles. The number of carbonyl (C=O) groups is 1. The summed E-state index contributed by atoms with van der Waals surface area (Å²) in [5.74, 6) is 3.69. The Morgan fingerprint density at radius 2 is 1.55 bits per heavy atom. The molecule has 0 atom stereocenters. The molecule has 0 unspecified atom stereocenters. The van der Waals surface area contributed by atoms with Gasteiger partial charge in [-0.3, -0.25) is 4.79 Å². The van der Waals surface area contributed by atoms with Gasteiger partial charge in [-0.1, -0.05) is 0 Å². The number of halogens is 1. The zero-order valence-electron chi connectivity index (χ0n) is 13.0. The van der Waals surface area contributed by atoms with E-state index in [1.54, 1.807) is 0 Å². The highest BCUT2D eigenvalue weighted by Gasteiger charge is 2.51. The van der Waals surface area contributed by atoms with Crippen LogP contribution in [0.4, 0.5) is 0 Å². The Labute approximate surface area is 129 Å². The third-order valence-corrected chi connectivity index (χ3v) is 6.03. The third kappa shape index (κ3) is 2.48. The van der Waals surface area contributed by atoms with E-state index in [1.165, 1.54) is 32.1 Å². The fraction of sp³-hybridized carbons (Fsp3) is 0.938. The van der Waals surface area contributed by atoms with Crippen LogP contribution in [-0.4, -0.2) is 30.4 Å². The minimum Gasteiger partial charge on any atom is -0.342 e. The first-order valence-corrected chi connectivity index (χ1v) is 7.89. The molecule has 2 N–H and O–H groups in total. The number of carbonyl (C=O) groups excluding carboxylic acids is 1. The normalized spacial score (nSPS) is 38.5. The van der Waals surface area contributed by atoms with Gasteiger partial charge in [0.1, 0.15) is 0 Å². The van der Waals surface area contributed by atoms with Crippen molar-refractivity contribution in [2.45, 2.75) is 52.0 Å². The van der Waals surface area contributed by atoms with E-state index >= 15 is 0 Å². The molecule has 0 spiro atoms. The molecule has 116 valence electrons. The molecule has 0 heterocycles. The number of nitrogens with two attached hydrogens (primary N) is 1. The average molecular weight is 301 g/mol. The van der Waals surface area contributed by atoms with Gasteiger partial charge < -0.3 is 10.6 Å². The van der Waals surface area contributed by atoms with E-state index in [-0.39, 0.29) is 18.3 Å². The molecule has 0 radical (unpaired) electrons. The summed E-state index contributed by atoms with van der Waals surface area (Å²) < 4.78 is 0. The van der Waals surface area contributed by atoms with Gasteiger partial charge in [-0.2, -0.15) is 0 Å². The Morgan fingerprint density at radius 3 is 1.95 bits per heavy atom. The second-order valence-corrected chi connectivity index (χ2v) is 7.93. The maximum absolute atomic E-state index is 12.7. The highest BCUT2D eigenvalue weighted by molar-refractivity contribution is 5.85. The van der Waals surface area contributed by atoms with Crippen molar-refractivity contribution in [3.8, 4) is 0 Å². The smallest absolute Gasteiger partial charge is 0.229 e. The van der Waals surface area contributed by atoms with Gasteiger partial charge in [-0.15, -0.1) is 12.4 Å². The lowest BCUT2D eigenvalue weighted by atomic mass is 9.54. The molecule has 4 heteroatoms. The van der Waals surface area contributed by atoms with E-state index in [0.29, 0.717) is 12.6 Å². The van der Waals surface area contributed by atoms with Crippen molar-refractivity contribution in [2.24, 2.45) is 34.8 Å². The van der Waals surface area contributed by atoms with Crippen LogP contribution in [-0.2, 0) is 4.79 Å². The van der Waals surface area contributed by atoms with Crippen molar-refractivity contribution < 1.29 is 4.79 Å². The van der Waals surface area contributed by atoms with Crippen molar-refractivity contribution in [2.75, 3.05) is 13.6 Å². The third-order valence-electron chi connectivity index (χ3n) is 6.03. The molecule has 20 heavy (non-hydrogen) atoms. The van der Waals surface area contributed by atoms with Gasteiger partial charge in [0.05, 0.1) is 5.41 Å². The van der Waals surface area contributed by atoms with Crippen LogP contribution in [0.15, 0.2) is 0 Å². The monoisotopic (exact) mass is 300 g/mol. The maximum Gasteiger partial charge on any atom is 0.229 e. The van der Waals surface area contributed by atoms with Gasteiger partial charge in [0, 0.05) is 19.6 Å². The lowest BCUT2D eigenvalue weighted by Gasteiger charge is -2.57. The molecule has 4 aliphatic carbocycles. The van der Waals surface area contributed by atoms with Crippen LogP contribution in [0.5, 0.6) is 0 Å². The predicted molar refractivity (Wildman–Crippen MR) is 83.7 cm³/mol. The van der Waals surface area contributed by atoms with Crippen molar-refractivity contribution in [3.63, 3.8) is 0 Å². The lowest BCUT2D eigenvalue weighted by Crippen LogP contribution is -2.58. The van der Waals surface area contributed by atoms with Crippen molar-refractivity contribution in [3.05, 3.63) is 0 Å². The SMILES string of the molecule is CN(C(=O)C(C)(C)CN)C1C2CC3CC(C2)CC1C3.Cl. The van der Waals surface area contributed by atoms with Crippen LogP contribution in [0.25, 0.3) is 0 Å². The molecule has 4 fully saturated rings. The number of nitrogens with zero attached hydrogens (tertiary/aromatic N) is 1. The van der Waals surface area contributed by atoms with Crippen LogP contribution >= 0.6 is 12.4 Å². The topological polar surface area (TPSA) is 46.3 Å². The molecule has 4 aliphatic rings. The average Bonchev–Trinajstić information content (AvgIpc) is 2.36. The van der Waals surface area contributed by atoms with E-state index in [4.69, 9.17) is 5.73 Å². The zero-order chi connectivity index (χ0) is 13.8. The number of hydrogen-bond donors (Lipinski definition) is 1. The van der Waals surface area contributed by atoms with Gasteiger partial charge in [-0.25, -0.2) is 0 Å². The van der Waals surface area contributed by atoms with Crippen LogP contribution in [0.3, 0.4) is 0 Å². The summed E-state index contributed by atoms with van der Waals surface area (Å²) in [6.07, 6.45) is 6.90. The zero-order valence-corrected chi connectivity index (χ0v) is 13.8. The lowest BCUT2D eigenvalue weighted by molar-refractivity contribution is -0.149. The molecule has 4 saturated carbocycles. The molecule has 0 aromatic heterocycles. The van der Waals surface area contributed by atoms with Gasteiger partial charge >= 0.3 is 0 Å². The fourth-order valence-electron chi connectivity index (χ4n) is 5.23. The molecule has 4 rings (SSSR count). The quantitative estimate of drug-likeness (QED) is 0.871. The van der Waals surface area contributed by atoms with Gasteiger partial charge in [-0.05, 0) is 69.6 Å². The minimum absolute atomic E-state index is 0. The Kier molecular flexibility index (Phi) is 4.42. The first kappa shape index (κ1) is 16.1. The Hall–Kier alpha value is -0.280. The second-order valence-electron chi connectivity index (χ2n) is 7.93. The van der Waals surface area contributed by atoms with Gasteiger partial charge in [0.2, 0.25) is 5.91 Å². The number of hydrogen-bond acceptors (Lipinski definition) is 2. The summed E-state index contributed by atoms with van der Waals surface area (Å²) in [6, 6.07) is 0.492. The molecule has 0 aromatic rings. The number of rotatable bonds is 3. The first-order chi connectivity index (χ1) is 8.92. The molecule has 1 amide bonds.